The highest BCUT2D eigenvalue weighted by Crippen LogP contribution is 2.25. The second-order valence-corrected chi connectivity index (χ2v) is 6.39. The van der Waals surface area contributed by atoms with E-state index < -0.39 is 5.76 Å². The van der Waals surface area contributed by atoms with Crippen LogP contribution in [0.15, 0.2) is 51.7 Å². The van der Waals surface area contributed by atoms with Crippen molar-refractivity contribution >= 4 is 22.7 Å². The average Bonchev–Trinajstić information content (AvgIpc) is 2.97. The molecule has 5 nitrogen and oxygen atoms in total. The van der Waals surface area contributed by atoms with Crippen LogP contribution in [0.2, 0.25) is 5.02 Å². The zero-order chi connectivity index (χ0) is 16.5. The number of H-pyrrole nitrogens is 1. The lowest BCUT2D eigenvalue weighted by Gasteiger charge is -2.33. The first-order valence-corrected chi connectivity index (χ1v) is 8.27. The lowest BCUT2D eigenvalue weighted by Crippen LogP contribution is -2.37. The quantitative estimate of drug-likeness (QED) is 0.791. The Bertz CT molecular complexity index is 901. The van der Waals surface area contributed by atoms with E-state index in [1.807, 2.05) is 42.5 Å². The summed E-state index contributed by atoms with van der Waals surface area (Å²) in [5.74, 6) is -0.418. The maximum Gasteiger partial charge on any atom is 0.417 e. The molecule has 0 spiro atoms. The van der Waals surface area contributed by atoms with E-state index in [0.29, 0.717) is 18.7 Å². The van der Waals surface area contributed by atoms with Gasteiger partial charge in [-0.2, -0.15) is 0 Å². The van der Waals surface area contributed by atoms with Crippen LogP contribution in [-0.2, 0) is 11.3 Å². The zero-order valence-electron chi connectivity index (χ0n) is 13.0. The fraction of sp³-hybridized carbons (Fsp3) is 0.278. The predicted octanol–water partition coefficient (Wildman–Crippen LogP) is 3.35. The van der Waals surface area contributed by atoms with Gasteiger partial charge in [0.15, 0.2) is 5.58 Å². The molecule has 1 N–H and O–H groups in total. The SMILES string of the molecule is O=c1[nH]c2cccc(CN3CCO[C@@H](c4ccc(Cl)cc4)C3)c2o1. The van der Waals surface area contributed by atoms with Gasteiger partial charge in [0.2, 0.25) is 0 Å². The minimum Gasteiger partial charge on any atom is -0.408 e. The van der Waals surface area contributed by atoms with E-state index in [0.717, 1.165) is 34.8 Å². The van der Waals surface area contributed by atoms with E-state index in [2.05, 4.69) is 9.88 Å². The Labute approximate surface area is 143 Å². The Kier molecular flexibility index (Phi) is 4.14. The highest BCUT2D eigenvalue weighted by Gasteiger charge is 2.23. The van der Waals surface area contributed by atoms with Crippen molar-refractivity contribution in [1.29, 1.82) is 0 Å². The summed E-state index contributed by atoms with van der Waals surface area (Å²) in [5, 5.41) is 0.723. The van der Waals surface area contributed by atoms with Gasteiger partial charge in [-0.05, 0) is 23.8 Å². The number of benzene rings is 2. The first-order chi connectivity index (χ1) is 11.7. The summed E-state index contributed by atoms with van der Waals surface area (Å²) >= 11 is 5.95. The first-order valence-electron chi connectivity index (χ1n) is 7.89. The highest BCUT2D eigenvalue weighted by molar-refractivity contribution is 6.30. The number of morpholine rings is 1. The van der Waals surface area contributed by atoms with Crippen LogP contribution < -0.4 is 5.76 Å². The first kappa shape index (κ1) is 15.4. The third-order valence-electron chi connectivity index (χ3n) is 4.31. The Morgan fingerprint density at radius 3 is 2.88 bits per heavy atom. The number of oxazole rings is 1. The number of hydrogen-bond donors (Lipinski definition) is 1. The van der Waals surface area contributed by atoms with E-state index in [-0.39, 0.29) is 6.10 Å². The Morgan fingerprint density at radius 1 is 1.21 bits per heavy atom. The van der Waals surface area contributed by atoms with Crippen LogP contribution in [0.1, 0.15) is 17.2 Å². The fourth-order valence-corrected chi connectivity index (χ4v) is 3.25. The molecule has 124 valence electrons. The molecule has 3 aromatic rings. The summed E-state index contributed by atoms with van der Waals surface area (Å²) in [5.41, 5.74) is 3.50. The van der Waals surface area contributed by atoms with Crippen molar-refractivity contribution in [2.75, 3.05) is 19.7 Å². The third-order valence-corrected chi connectivity index (χ3v) is 4.57. The molecule has 1 saturated heterocycles. The molecule has 6 heteroatoms. The number of nitrogens with one attached hydrogen (secondary N) is 1. The van der Waals surface area contributed by atoms with Crippen LogP contribution in [0.3, 0.4) is 0 Å². The van der Waals surface area contributed by atoms with E-state index >= 15 is 0 Å². The lowest BCUT2D eigenvalue weighted by molar-refractivity contribution is -0.0328. The standard InChI is InChI=1S/C18H17ClN2O3/c19-14-6-4-12(5-7-14)16-11-21(8-9-23-16)10-13-2-1-3-15-17(13)24-18(22)20-15/h1-7,16H,8-11H2,(H,20,22)/t16-/m1/s1. The van der Waals surface area contributed by atoms with Crippen LogP contribution in [0.5, 0.6) is 0 Å². The Morgan fingerprint density at radius 2 is 2.04 bits per heavy atom. The van der Waals surface area contributed by atoms with Gasteiger partial charge in [0.05, 0.1) is 18.2 Å². The minimum atomic E-state index is -0.418. The van der Waals surface area contributed by atoms with Crippen molar-refractivity contribution in [2.45, 2.75) is 12.6 Å². The molecule has 1 fully saturated rings. The molecule has 2 heterocycles. The molecule has 0 unspecified atom stereocenters. The van der Waals surface area contributed by atoms with Gasteiger partial charge >= 0.3 is 5.76 Å². The summed E-state index contributed by atoms with van der Waals surface area (Å²) in [7, 11) is 0. The smallest absolute Gasteiger partial charge is 0.408 e. The normalized spacial score (nSPS) is 19.0. The third kappa shape index (κ3) is 3.11. The fourth-order valence-electron chi connectivity index (χ4n) is 3.12. The number of halogens is 1. The van der Waals surface area contributed by atoms with Gasteiger partial charge in [0.1, 0.15) is 0 Å². The van der Waals surface area contributed by atoms with Gasteiger partial charge in [0, 0.05) is 30.2 Å². The predicted molar refractivity (Wildman–Crippen MR) is 92.3 cm³/mol. The molecule has 0 bridgehead atoms. The molecule has 24 heavy (non-hydrogen) atoms. The zero-order valence-corrected chi connectivity index (χ0v) is 13.8. The van der Waals surface area contributed by atoms with Crippen molar-refractivity contribution in [3.63, 3.8) is 0 Å². The molecule has 1 aliphatic rings. The molecule has 1 atom stereocenters. The summed E-state index contributed by atoms with van der Waals surface area (Å²) < 4.78 is 11.2. The van der Waals surface area contributed by atoms with E-state index in [9.17, 15) is 4.79 Å². The van der Waals surface area contributed by atoms with Gasteiger partial charge in [-0.3, -0.25) is 9.88 Å². The van der Waals surface area contributed by atoms with Crippen LogP contribution in [0, 0.1) is 0 Å². The van der Waals surface area contributed by atoms with Gasteiger partial charge in [-0.15, -0.1) is 0 Å². The van der Waals surface area contributed by atoms with Crippen LogP contribution in [0.25, 0.3) is 11.1 Å². The molecule has 1 aromatic heterocycles. The molecule has 2 aromatic carbocycles. The number of hydrogen-bond acceptors (Lipinski definition) is 4. The second-order valence-electron chi connectivity index (χ2n) is 5.95. The minimum absolute atomic E-state index is 0.0217. The Balaban J connectivity index is 1.53. The number of para-hydroxylation sites is 1. The molecule has 1 aliphatic heterocycles. The largest absolute Gasteiger partial charge is 0.417 e. The van der Waals surface area contributed by atoms with Crippen LogP contribution >= 0.6 is 11.6 Å². The number of aromatic amines is 1. The lowest BCUT2D eigenvalue weighted by atomic mass is 10.1. The maximum absolute atomic E-state index is 11.4. The topological polar surface area (TPSA) is 58.5 Å². The molecule has 0 aliphatic carbocycles. The number of nitrogens with zero attached hydrogens (tertiary/aromatic N) is 1. The highest BCUT2D eigenvalue weighted by atomic mass is 35.5. The number of ether oxygens (including phenoxy) is 1. The molecule has 0 amide bonds. The Hall–Kier alpha value is -2.08. The van der Waals surface area contributed by atoms with Crippen molar-refractivity contribution in [2.24, 2.45) is 0 Å². The monoisotopic (exact) mass is 344 g/mol. The average molecular weight is 345 g/mol. The van der Waals surface area contributed by atoms with Gasteiger partial charge in [-0.25, -0.2) is 4.79 Å². The molecular formula is C18H17ClN2O3. The second kappa shape index (κ2) is 6.43. The maximum atomic E-state index is 11.4. The molecular weight excluding hydrogens is 328 g/mol. The number of fused-ring (bicyclic) bond motifs is 1. The van der Waals surface area contributed by atoms with Crippen molar-refractivity contribution in [1.82, 2.24) is 9.88 Å². The van der Waals surface area contributed by atoms with E-state index in [4.69, 9.17) is 20.8 Å². The number of rotatable bonds is 3. The molecule has 0 saturated carbocycles. The number of aromatic nitrogens is 1. The summed E-state index contributed by atoms with van der Waals surface area (Å²) in [4.78, 5) is 16.4. The van der Waals surface area contributed by atoms with Gasteiger partial charge in [-0.1, -0.05) is 35.9 Å². The van der Waals surface area contributed by atoms with Gasteiger partial charge in [0.25, 0.3) is 0 Å². The van der Waals surface area contributed by atoms with Crippen LogP contribution in [-0.4, -0.2) is 29.6 Å². The van der Waals surface area contributed by atoms with Crippen molar-refractivity contribution in [3.05, 3.63) is 69.2 Å². The van der Waals surface area contributed by atoms with Crippen molar-refractivity contribution in [3.8, 4) is 0 Å². The molecule has 0 radical (unpaired) electrons. The van der Waals surface area contributed by atoms with E-state index in [1.165, 1.54) is 0 Å². The van der Waals surface area contributed by atoms with E-state index in [1.54, 1.807) is 0 Å². The molecule has 4 rings (SSSR count). The summed E-state index contributed by atoms with van der Waals surface area (Å²) in [6.45, 7) is 3.01. The van der Waals surface area contributed by atoms with Crippen LogP contribution in [0.4, 0.5) is 0 Å². The van der Waals surface area contributed by atoms with Gasteiger partial charge < -0.3 is 9.15 Å². The summed E-state index contributed by atoms with van der Waals surface area (Å²) in [6.07, 6.45) is 0.0217. The summed E-state index contributed by atoms with van der Waals surface area (Å²) in [6, 6.07) is 13.5. The van der Waals surface area contributed by atoms with Crippen molar-refractivity contribution < 1.29 is 9.15 Å².